The molecule has 8 heteroatoms. The summed E-state index contributed by atoms with van der Waals surface area (Å²) in [5.41, 5.74) is 2.83. The Morgan fingerprint density at radius 1 is 1.30 bits per heavy atom. The number of imidazole rings is 1. The van der Waals surface area contributed by atoms with Crippen molar-refractivity contribution >= 4 is 23.3 Å². The van der Waals surface area contributed by atoms with Crippen LogP contribution < -0.4 is 10.2 Å². The predicted octanol–water partition coefficient (Wildman–Crippen LogP) is 1.81. The first kappa shape index (κ1) is 19.0. The highest BCUT2D eigenvalue weighted by Crippen LogP contribution is 2.21. The van der Waals surface area contributed by atoms with E-state index in [2.05, 4.69) is 25.2 Å². The second kappa shape index (κ2) is 8.30. The molecule has 1 saturated heterocycles. The van der Waals surface area contributed by atoms with E-state index in [4.69, 9.17) is 4.74 Å². The molecule has 1 aliphatic heterocycles. The van der Waals surface area contributed by atoms with E-state index >= 15 is 0 Å². The lowest BCUT2D eigenvalue weighted by Gasteiger charge is -2.27. The Bertz CT molecular complexity index is 835. The van der Waals surface area contributed by atoms with E-state index in [1.54, 1.807) is 19.3 Å². The maximum atomic E-state index is 12.5. The zero-order chi connectivity index (χ0) is 19.4. The maximum Gasteiger partial charge on any atom is 0.245 e. The maximum absolute atomic E-state index is 12.5. The summed E-state index contributed by atoms with van der Waals surface area (Å²) in [6.45, 7) is 9.09. The van der Waals surface area contributed by atoms with Crippen LogP contribution in [-0.2, 0) is 16.1 Å². The van der Waals surface area contributed by atoms with E-state index in [0.29, 0.717) is 19.0 Å². The summed E-state index contributed by atoms with van der Waals surface area (Å²) in [6, 6.07) is 3.68. The fraction of sp³-hybridized carbons (Fsp3) is 0.474. The molecule has 27 heavy (non-hydrogen) atoms. The molecule has 1 N–H and O–H groups in total. The molecule has 2 aromatic rings. The monoisotopic (exact) mass is 370 g/mol. The Kier molecular flexibility index (Phi) is 5.85. The van der Waals surface area contributed by atoms with Crippen molar-refractivity contribution in [1.29, 1.82) is 0 Å². The number of nitrogens with one attached hydrogen (secondary N) is 1. The van der Waals surface area contributed by atoms with Crippen molar-refractivity contribution < 1.29 is 9.53 Å². The summed E-state index contributed by atoms with van der Waals surface area (Å²) < 4.78 is 7.34. The Morgan fingerprint density at radius 3 is 2.67 bits per heavy atom. The molecular weight excluding hydrogens is 344 g/mol. The molecule has 1 fully saturated rings. The molecule has 1 amide bonds. The molecule has 1 aliphatic rings. The minimum absolute atomic E-state index is 0.131. The number of hydrogen-bond acceptors (Lipinski definition) is 6. The molecule has 2 aromatic heterocycles. The third-order valence-electron chi connectivity index (χ3n) is 4.78. The largest absolute Gasteiger partial charge is 0.378 e. The van der Waals surface area contributed by atoms with Gasteiger partial charge in [0.2, 0.25) is 5.91 Å². The summed E-state index contributed by atoms with van der Waals surface area (Å²) in [7, 11) is 1.74. The van der Waals surface area contributed by atoms with Gasteiger partial charge in [0.05, 0.1) is 18.9 Å². The normalized spacial score (nSPS) is 15.1. The number of aromatic nitrogens is 3. The zero-order valence-corrected chi connectivity index (χ0v) is 16.3. The number of hydrogen-bond donors (Lipinski definition) is 1. The average Bonchev–Trinajstić information content (AvgIpc) is 2.97. The van der Waals surface area contributed by atoms with Gasteiger partial charge in [-0.05, 0) is 32.9 Å². The van der Waals surface area contributed by atoms with Gasteiger partial charge < -0.3 is 19.5 Å². The Hall–Kier alpha value is -2.74. The van der Waals surface area contributed by atoms with Gasteiger partial charge in [-0.2, -0.15) is 0 Å². The number of anilines is 2. The van der Waals surface area contributed by atoms with Gasteiger partial charge in [-0.25, -0.2) is 9.97 Å². The van der Waals surface area contributed by atoms with Gasteiger partial charge in [0.1, 0.15) is 24.0 Å². The number of aryl methyl sites for hydroxylation is 1. The molecule has 0 atom stereocenters. The van der Waals surface area contributed by atoms with Crippen LogP contribution in [0, 0.1) is 13.8 Å². The Labute approximate surface area is 159 Å². The number of rotatable bonds is 5. The molecule has 144 valence electrons. The SMILES string of the molecule is CN=C(C)c1ccc(NC(=O)Cn2c(C)nc(N3CCOCC3)c2C)nc1. The van der Waals surface area contributed by atoms with Gasteiger partial charge in [-0.3, -0.25) is 9.79 Å². The molecule has 0 unspecified atom stereocenters. The fourth-order valence-corrected chi connectivity index (χ4v) is 3.10. The van der Waals surface area contributed by atoms with Crippen LogP contribution in [0.2, 0.25) is 0 Å². The van der Waals surface area contributed by atoms with Crippen LogP contribution >= 0.6 is 0 Å². The summed E-state index contributed by atoms with van der Waals surface area (Å²) in [4.78, 5) is 27.8. The average molecular weight is 370 g/mol. The van der Waals surface area contributed by atoms with Crippen LogP contribution in [0.1, 0.15) is 24.0 Å². The molecule has 3 rings (SSSR count). The topological polar surface area (TPSA) is 84.6 Å². The first-order valence-electron chi connectivity index (χ1n) is 9.05. The van der Waals surface area contributed by atoms with E-state index in [0.717, 1.165) is 41.7 Å². The van der Waals surface area contributed by atoms with E-state index in [1.807, 2.05) is 31.4 Å². The van der Waals surface area contributed by atoms with Crippen LogP contribution in [0.15, 0.2) is 23.3 Å². The lowest BCUT2D eigenvalue weighted by atomic mass is 10.2. The number of morpholine rings is 1. The van der Waals surface area contributed by atoms with Crippen LogP contribution in [0.4, 0.5) is 11.6 Å². The molecular formula is C19H26N6O2. The van der Waals surface area contributed by atoms with Crippen molar-refractivity contribution in [2.45, 2.75) is 27.3 Å². The highest BCUT2D eigenvalue weighted by atomic mass is 16.5. The Balaban J connectivity index is 1.68. The van der Waals surface area contributed by atoms with Gasteiger partial charge in [-0.15, -0.1) is 0 Å². The quantitative estimate of drug-likeness (QED) is 0.812. The molecule has 0 spiro atoms. The van der Waals surface area contributed by atoms with Crippen molar-refractivity contribution in [2.24, 2.45) is 4.99 Å². The number of nitrogens with zero attached hydrogens (tertiary/aromatic N) is 5. The number of amides is 1. The van der Waals surface area contributed by atoms with Crippen molar-refractivity contribution in [3.63, 3.8) is 0 Å². The summed E-state index contributed by atoms with van der Waals surface area (Å²) in [5.74, 6) is 2.15. The second-order valence-electron chi connectivity index (χ2n) is 6.54. The van der Waals surface area contributed by atoms with Crippen LogP contribution in [0.5, 0.6) is 0 Å². The third kappa shape index (κ3) is 4.33. The van der Waals surface area contributed by atoms with Crippen molar-refractivity contribution in [1.82, 2.24) is 14.5 Å². The Morgan fingerprint density at radius 2 is 2.04 bits per heavy atom. The standard InChI is InChI=1S/C19H26N6O2/c1-13(20-4)16-5-6-17(21-11-16)23-18(26)12-25-14(2)19(22-15(25)3)24-7-9-27-10-8-24/h5-6,11H,7-10,12H2,1-4H3,(H,21,23,26). The first-order chi connectivity index (χ1) is 13.0. The predicted molar refractivity (Wildman–Crippen MR) is 106 cm³/mol. The minimum Gasteiger partial charge on any atom is -0.378 e. The molecule has 0 radical (unpaired) electrons. The lowest BCUT2D eigenvalue weighted by Crippen LogP contribution is -2.37. The van der Waals surface area contributed by atoms with E-state index in [9.17, 15) is 4.79 Å². The van der Waals surface area contributed by atoms with Gasteiger partial charge in [0.25, 0.3) is 0 Å². The molecule has 8 nitrogen and oxygen atoms in total. The molecule has 0 aliphatic carbocycles. The van der Waals surface area contributed by atoms with E-state index < -0.39 is 0 Å². The first-order valence-corrected chi connectivity index (χ1v) is 9.05. The second-order valence-corrected chi connectivity index (χ2v) is 6.54. The van der Waals surface area contributed by atoms with Gasteiger partial charge in [-0.1, -0.05) is 0 Å². The van der Waals surface area contributed by atoms with Gasteiger partial charge in [0, 0.05) is 37.6 Å². The van der Waals surface area contributed by atoms with Crippen LogP contribution in [0.3, 0.4) is 0 Å². The fourth-order valence-electron chi connectivity index (χ4n) is 3.10. The highest BCUT2D eigenvalue weighted by Gasteiger charge is 2.20. The van der Waals surface area contributed by atoms with Crippen LogP contribution in [-0.4, -0.2) is 59.5 Å². The number of aliphatic imine (C=N–C) groups is 1. The van der Waals surface area contributed by atoms with Crippen molar-refractivity contribution in [3.8, 4) is 0 Å². The lowest BCUT2D eigenvalue weighted by molar-refractivity contribution is -0.116. The smallest absolute Gasteiger partial charge is 0.245 e. The van der Waals surface area contributed by atoms with E-state index in [1.165, 1.54) is 0 Å². The number of carbonyl (C=O) groups is 1. The summed E-state index contributed by atoms with van der Waals surface area (Å²) in [5, 5.41) is 2.85. The van der Waals surface area contributed by atoms with Crippen molar-refractivity contribution in [3.05, 3.63) is 35.4 Å². The summed E-state index contributed by atoms with van der Waals surface area (Å²) in [6.07, 6.45) is 1.71. The van der Waals surface area contributed by atoms with E-state index in [-0.39, 0.29) is 12.5 Å². The third-order valence-corrected chi connectivity index (χ3v) is 4.78. The summed E-state index contributed by atoms with van der Waals surface area (Å²) >= 11 is 0. The molecule has 0 bridgehead atoms. The zero-order valence-electron chi connectivity index (χ0n) is 16.3. The highest BCUT2D eigenvalue weighted by molar-refractivity contribution is 5.98. The molecule has 3 heterocycles. The number of ether oxygens (including phenoxy) is 1. The minimum atomic E-state index is -0.131. The van der Waals surface area contributed by atoms with Crippen molar-refractivity contribution in [2.75, 3.05) is 43.6 Å². The number of pyridine rings is 1. The van der Waals surface area contributed by atoms with Gasteiger partial charge >= 0.3 is 0 Å². The van der Waals surface area contributed by atoms with Gasteiger partial charge in [0.15, 0.2) is 0 Å². The molecule has 0 aromatic carbocycles. The molecule has 0 saturated carbocycles. The van der Waals surface area contributed by atoms with Crippen LogP contribution in [0.25, 0.3) is 0 Å². The number of carbonyl (C=O) groups excluding carboxylic acids is 1.